The minimum Gasteiger partial charge on any atom is -0.496 e. The zero-order chi connectivity index (χ0) is 12.5. The fourth-order valence-corrected chi connectivity index (χ4v) is 2.51. The Bertz CT molecular complexity index is 438. The van der Waals surface area contributed by atoms with Crippen LogP contribution in [0, 0.1) is 5.41 Å². The first-order valence-corrected chi connectivity index (χ1v) is 6.01. The first-order chi connectivity index (χ1) is 8.07. The van der Waals surface area contributed by atoms with Crippen LogP contribution in [0.5, 0.6) is 5.75 Å². The Kier molecular flexibility index (Phi) is 3.29. The number of methoxy groups -OCH3 is 1. The predicted octanol–water partition coefficient (Wildman–Crippen LogP) is 3.15. The molecule has 92 valence electrons. The van der Waals surface area contributed by atoms with Crippen molar-refractivity contribution in [1.29, 1.82) is 0 Å². The van der Waals surface area contributed by atoms with Crippen LogP contribution in [0.2, 0.25) is 5.02 Å². The highest BCUT2D eigenvalue weighted by Crippen LogP contribution is 2.45. The van der Waals surface area contributed by atoms with Crippen LogP contribution in [-0.4, -0.2) is 18.2 Å². The zero-order valence-corrected chi connectivity index (χ0v) is 10.5. The van der Waals surface area contributed by atoms with Gasteiger partial charge in [0.25, 0.3) is 0 Å². The third kappa shape index (κ3) is 2.25. The molecule has 0 aromatic heterocycles. The monoisotopic (exact) mass is 254 g/mol. The molecule has 2 rings (SSSR count). The molecule has 0 saturated heterocycles. The number of ether oxygens (including phenoxy) is 1. The Balaban J connectivity index is 2.28. The number of carboxylic acids is 1. The molecule has 3 nitrogen and oxygen atoms in total. The van der Waals surface area contributed by atoms with Gasteiger partial charge in [0.05, 0.1) is 12.5 Å². The van der Waals surface area contributed by atoms with Crippen molar-refractivity contribution in [2.24, 2.45) is 5.41 Å². The lowest BCUT2D eigenvalue weighted by Crippen LogP contribution is -2.39. The average molecular weight is 255 g/mol. The summed E-state index contributed by atoms with van der Waals surface area (Å²) in [5.74, 6) is -0.00676. The molecule has 1 N–H and O–H groups in total. The van der Waals surface area contributed by atoms with Crippen LogP contribution in [0.4, 0.5) is 0 Å². The molecular weight excluding hydrogens is 240 g/mol. The van der Waals surface area contributed by atoms with Crippen molar-refractivity contribution in [3.8, 4) is 5.75 Å². The highest BCUT2D eigenvalue weighted by atomic mass is 35.5. The van der Waals surface area contributed by atoms with Gasteiger partial charge in [-0.15, -0.1) is 0 Å². The average Bonchev–Trinajstić information content (AvgIpc) is 2.23. The lowest BCUT2D eigenvalue weighted by atomic mass is 9.65. The molecule has 0 heterocycles. The van der Waals surface area contributed by atoms with Crippen molar-refractivity contribution >= 4 is 17.6 Å². The summed E-state index contributed by atoms with van der Waals surface area (Å²) in [5.41, 5.74) is 0.264. The van der Waals surface area contributed by atoms with Gasteiger partial charge < -0.3 is 9.84 Å². The first-order valence-electron chi connectivity index (χ1n) is 5.63. The summed E-state index contributed by atoms with van der Waals surface area (Å²) in [7, 11) is 1.58. The predicted molar refractivity (Wildman–Crippen MR) is 65.6 cm³/mol. The van der Waals surface area contributed by atoms with Gasteiger partial charge in [0.1, 0.15) is 5.75 Å². The van der Waals surface area contributed by atoms with Crippen molar-refractivity contribution in [2.45, 2.75) is 25.7 Å². The summed E-state index contributed by atoms with van der Waals surface area (Å²) in [6.07, 6.45) is 2.94. The van der Waals surface area contributed by atoms with Gasteiger partial charge in [-0.3, -0.25) is 4.79 Å². The van der Waals surface area contributed by atoms with Crippen molar-refractivity contribution in [2.75, 3.05) is 7.11 Å². The fourth-order valence-electron chi connectivity index (χ4n) is 2.32. The molecule has 0 aliphatic heterocycles. The van der Waals surface area contributed by atoms with Crippen LogP contribution in [0.1, 0.15) is 24.8 Å². The van der Waals surface area contributed by atoms with E-state index in [-0.39, 0.29) is 0 Å². The minimum absolute atomic E-state index is 0.492. The standard InChI is InChI=1S/C13H15ClO3/c1-17-11-4-3-10(14)7-9(11)8-13(12(15)16)5-2-6-13/h3-4,7H,2,5-6,8H2,1H3,(H,15,16). The number of hydrogen-bond acceptors (Lipinski definition) is 2. The molecular formula is C13H15ClO3. The van der Waals surface area contributed by atoms with Crippen molar-refractivity contribution in [3.05, 3.63) is 28.8 Å². The van der Waals surface area contributed by atoms with Crippen molar-refractivity contribution in [3.63, 3.8) is 0 Å². The van der Waals surface area contributed by atoms with Gasteiger partial charge in [0.2, 0.25) is 0 Å². The second-order valence-electron chi connectivity index (χ2n) is 4.57. The third-order valence-electron chi connectivity index (χ3n) is 3.54. The molecule has 0 bridgehead atoms. The molecule has 4 heteroatoms. The summed E-state index contributed by atoms with van der Waals surface area (Å²) in [5, 5.41) is 9.92. The van der Waals surface area contributed by atoms with Crippen molar-refractivity contribution in [1.82, 2.24) is 0 Å². The highest BCUT2D eigenvalue weighted by Gasteiger charge is 2.44. The second kappa shape index (κ2) is 4.57. The quantitative estimate of drug-likeness (QED) is 0.898. The summed E-state index contributed by atoms with van der Waals surface area (Å²) >= 11 is 5.94. The largest absolute Gasteiger partial charge is 0.496 e. The Labute approximate surface area is 105 Å². The van der Waals surface area contributed by atoms with Crippen LogP contribution in [0.25, 0.3) is 0 Å². The van der Waals surface area contributed by atoms with E-state index in [4.69, 9.17) is 16.3 Å². The Morgan fingerprint density at radius 2 is 2.24 bits per heavy atom. The Morgan fingerprint density at radius 1 is 1.53 bits per heavy atom. The molecule has 0 spiro atoms. The van der Waals surface area contributed by atoms with Crippen LogP contribution in [0.3, 0.4) is 0 Å². The SMILES string of the molecule is COc1ccc(Cl)cc1CC1(C(=O)O)CCC1. The number of carboxylic acid groups (broad SMARTS) is 1. The number of aliphatic carboxylic acids is 1. The van der Waals surface area contributed by atoms with Crippen LogP contribution >= 0.6 is 11.6 Å². The smallest absolute Gasteiger partial charge is 0.309 e. The second-order valence-corrected chi connectivity index (χ2v) is 5.01. The molecule has 1 aliphatic rings. The maximum Gasteiger partial charge on any atom is 0.309 e. The highest BCUT2D eigenvalue weighted by molar-refractivity contribution is 6.30. The molecule has 0 atom stereocenters. The van der Waals surface area contributed by atoms with E-state index in [1.165, 1.54) is 0 Å². The molecule has 1 fully saturated rings. The number of benzene rings is 1. The van der Waals surface area contributed by atoms with Gasteiger partial charge >= 0.3 is 5.97 Å². The molecule has 0 radical (unpaired) electrons. The van der Waals surface area contributed by atoms with Gasteiger partial charge in [0, 0.05) is 5.02 Å². The van der Waals surface area contributed by atoms with Gasteiger partial charge in [-0.2, -0.15) is 0 Å². The molecule has 17 heavy (non-hydrogen) atoms. The summed E-state index contributed by atoms with van der Waals surface area (Å²) in [6.45, 7) is 0. The molecule has 1 aromatic rings. The molecule has 1 aromatic carbocycles. The molecule has 0 amide bonds. The van der Waals surface area contributed by atoms with E-state index in [0.29, 0.717) is 17.2 Å². The van der Waals surface area contributed by atoms with Crippen LogP contribution in [0.15, 0.2) is 18.2 Å². The van der Waals surface area contributed by atoms with E-state index < -0.39 is 11.4 Å². The van der Waals surface area contributed by atoms with Crippen molar-refractivity contribution < 1.29 is 14.6 Å². The van der Waals surface area contributed by atoms with Gasteiger partial charge in [0.15, 0.2) is 0 Å². The topological polar surface area (TPSA) is 46.5 Å². The van der Waals surface area contributed by atoms with Crippen LogP contribution in [-0.2, 0) is 11.2 Å². The number of halogens is 1. The fraction of sp³-hybridized carbons (Fsp3) is 0.462. The number of hydrogen-bond donors (Lipinski definition) is 1. The van der Waals surface area contributed by atoms with E-state index in [2.05, 4.69) is 0 Å². The Hall–Kier alpha value is -1.22. The molecule has 1 saturated carbocycles. The minimum atomic E-state index is -0.717. The summed E-state index contributed by atoms with van der Waals surface area (Å²) in [4.78, 5) is 11.3. The summed E-state index contributed by atoms with van der Waals surface area (Å²) < 4.78 is 5.24. The normalized spacial score (nSPS) is 17.3. The van der Waals surface area contributed by atoms with Gasteiger partial charge in [-0.1, -0.05) is 18.0 Å². The molecule has 1 aliphatic carbocycles. The maximum absolute atomic E-state index is 11.3. The lowest BCUT2D eigenvalue weighted by molar-refractivity contribution is -0.154. The van der Waals surface area contributed by atoms with Gasteiger partial charge in [-0.05, 0) is 43.0 Å². The van der Waals surface area contributed by atoms with E-state index >= 15 is 0 Å². The van der Waals surface area contributed by atoms with Gasteiger partial charge in [-0.25, -0.2) is 0 Å². The third-order valence-corrected chi connectivity index (χ3v) is 3.77. The van der Waals surface area contributed by atoms with E-state index in [0.717, 1.165) is 24.8 Å². The number of rotatable bonds is 4. The van der Waals surface area contributed by atoms with E-state index in [1.807, 2.05) is 0 Å². The Morgan fingerprint density at radius 3 is 2.71 bits per heavy atom. The molecule has 0 unspecified atom stereocenters. The lowest BCUT2D eigenvalue weighted by Gasteiger charge is -2.38. The van der Waals surface area contributed by atoms with E-state index in [9.17, 15) is 9.90 Å². The van der Waals surface area contributed by atoms with Crippen LogP contribution < -0.4 is 4.74 Å². The first kappa shape index (κ1) is 12.2. The van der Waals surface area contributed by atoms with E-state index in [1.54, 1.807) is 25.3 Å². The zero-order valence-electron chi connectivity index (χ0n) is 9.70. The number of carbonyl (C=O) groups is 1. The summed E-state index contributed by atoms with van der Waals surface area (Å²) in [6, 6.07) is 5.33. The maximum atomic E-state index is 11.3.